The molecule has 0 bridgehead atoms. The Kier molecular flexibility index (Phi) is 10.3. The topological polar surface area (TPSA) is 175 Å². The lowest BCUT2D eigenvalue weighted by atomic mass is 10.1. The van der Waals surface area contributed by atoms with Crippen LogP contribution in [0.4, 0.5) is 11.4 Å². The van der Waals surface area contributed by atoms with E-state index in [1.807, 2.05) is 17.9 Å². The van der Waals surface area contributed by atoms with Crippen molar-refractivity contribution in [2.24, 2.45) is 15.3 Å². The number of aromatic carboxylic acids is 1. The van der Waals surface area contributed by atoms with Crippen LogP contribution in [0, 0.1) is 29.6 Å². The maximum atomic E-state index is 12.7. The first-order valence-corrected chi connectivity index (χ1v) is 12.3. The summed E-state index contributed by atoms with van der Waals surface area (Å²) in [5.74, 6) is -2.06. The monoisotopic (exact) mass is 557 g/mol. The lowest BCUT2D eigenvalue weighted by Crippen LogP contribution is -2.25. The predicted octanol–water partition coefficient (Wildman–Crippen LogP) is 5.56. The number of amides is 1. The van der Waals surface area contributed by atoms with Crippen molar-refractivity contribution < 1.29 is 19.8 Å². The summed E-state index contributed by atoms with van der Waals surface area (Å²) in [5.41, 5.74) is 4.74. The Bertz CT molecular complexity index is 1520. The fourth-order valence-corrected chi connectivity index (χ4v) is 3.77. The van der Waals surface area contributed by atoms with Crippen molar-refractivity contribution in [3.63, 3.8) is 0 Å². The number of carboxylic acids is 1. The third kappa shape index (κ3) is 7.87. The maximum absolute atomic E-state index is 12.7. The zero-order chi connectivity index (χ0) is 29.1. The number of aryl methyl sites for hydroxylation is 1. The van der Waals surface area contributed by atoms with Crippen molar-refractivity contribution in [2.75, 3.05) is 18.0 Å². The van der Waals surface area contributed by atoms with Gasteiger partial charge >= 0.3 is 5.97 Å². The third-order valence-corrected chi connectivity index (χ3v) is 5.88. The number of anilines is 1. The minimum absolute atomic E-state index is 0.0295. The van der Waals surface area contributed by atoms with Gasteiger partial charge in [-0.05, 0) is 73.2 Å². The molecule has 3 N–H and O–H groups in total. The number of carbonyl (C=O) groups is 2. The van der Waals surface area contributed by atoms with Crippen LogP contribution in [0.5, 0.6) is 5.75 Å². The quantitative estimate of drug-likeness (QED) is 0.126. The van der Waals surface area contributed by atoms with Crippen molar-refractivity contribution in [3.8, 4) is 17.9 Å². The Balaban J connectivity index is 1.98. The fraction of sp³-hybridized carbons (Fsp3) is 0.179. The average Bonchev–Trinajstić information content (AvgIpc) is 2.95. The van der Waals surface area contributed by atoms with Gasteiger partial charge in [-0.2, -0.15) is 10.5 Å². The number of phenols is 1. The predicted molar refractivity (Wildman–Crippen MR) is 149 cm³/mol. The summed E-state index contributed by atoms with van der Waals surface area (Å²) in [6, 6.07) is 19.3. The molecule has 0 fully saturated rings. The number of carbonyl (C=O) groups excluding carboxylic acids is 1. The number of halogens is 1. The van der Waals surface area contributed by atoms with Gasteiger partial charge in [0.1, 0.15) is 5.75 Å². The molecular formula is C28H24ClN7O4. The number of hydrogen-bond acceptors (Lipinski definition) is 8. The van der Waals surface area contributed by atoms with Crippen molar-refractivity contribution in [3.05, 3.63) is 87.9 Å². The minimum atomic E-state index is -1.08. The first-order chi connectivity index (χ1) is 19.2. The Morgan fingerprint density at radius 2 is 1.65 bits per heavy atom. The Morgan fingerprint density at radius 1 is 0.975 bits per heavy atom. The van der Waals surface area contributed by atoms with Crippen LogP contribution in [0.25, 0.3) is 0 Å². The standard InChI is InChI=1S/C28H24ClN7O4/c1-18-16-22(36(14-2-12-30)15-3-13-31)9-10-23(18)26(33-32-21-7-4-19(5-8-21)28(39)40)34-35-27(38)24-17-20(29)6-11-25(24)37/h4-11,16-17,37H,2-3,14-15H2,1H3,(H,35,38)(H,39,40)/b33-32?,34-26-. The molecule has 0 radical (unpaired) electrons. The summed E-state index contributed by atoms with van der Waals surface area (Å²) in [6.07, 6.45) is 0.576. The summed E-state index contributed by atoms with van der Waals surface area (Å²) < 4.78 is 0. The van der Waals surface area contributed by atoms with E-state index in [9.17, 15) is 14.7 Å². The lowest BCUT2D eigenvalue weighted by Gasteiger charge is -2.23. The van der Waals surface area contributed by atoms with E-state index in [4.69, 9.17) is 27.2 Å². The molecule has 0 saturated carbocycles. The van der Waals surface area contributed by atoms with Gasteiger partial charge in [-0.25, -0.2) is 10.2 Å². The minimum Gasteiger partial charge on any atom is -0.507 e. The Hall–Kier alpha value is -5.26. The van der Waals surface area contributed by atoms with Gasteiger partial charge in [-0.3, -0.25) is 4.79 Å². The number of benzene rings is 3. The van der Waals surface area contributed by atoms with Crippen LogP contribution < -0.4 is 10.3 Å². The normalized spacial score (nSPS) is 11.1. The largest absolute Gasteiger partial charge is 0.507 e. The van der Waals surface area contributed by atoms with E-state index in [2.05, 4.69) is 32.9 Å². The van der Waals surface area contributed by atoms with Gasteiger partial charge in [0, 0.05) is 29.4 Å². The molecule has 12 heteroatoms. The second-order valence-electron chi connectivity index (χ2n) is 8.39. The molecule has 0 aliphatic heterocycles. The number of hydrazone groups is 1. The Labute approximate surface area is 235 Å². The van der Waals surface area contributed by atoms with Crippen LogP contribution >= 0.6 is 11.6 Å². The number of carboxylic acid groups (broad SMARTS) is 1. The van der Waals surface area contributed by atoms with Gasteiger partial charge < -0.3 is 15.1 Å². The maximum Gasteiger partial charge on any atom is 0.335 e. The van der Waals surface area contributed by atoms with Crippen LogP contribution in [0.3, 0.4) is 0 Å². The number of aromatic hydroxyl groups is 1. The van der Waals surface area contributed by atoms with Gasteiger partial charge in [-0.15, -0.1) is 15.3 Å². The molecule has 0 atom stereocenters. The van der Waals surface area contributed by atoms with E-state index in [0.29, 0.717) is 24.3 Å². The van der Waals surface area contributed by atoms with E-state index in [1.165, 1.54) is 42.5 Å². The first-order valence-electron chi connectivity index (χ1n) is 11.9. The lowest BCUT2D eigenvalue weighted by molar-refractivity contribution is 0.0696. The highest BCUT2D eigenvalue weighted by Gasteiger charge is 2.15. The van der Waals surface area contributed by atoms with E-state index < -0.39 is 11.9 Å². The number of hydrogen-bond donors (Lipinski definition) is 3. The number of phenolic OH excluding ortho intramolecular Hbond substituents is 1. The van der Waals surface area contributed by atoms with E-state index in [1.54, 1.807) is 12.1 Å². The summed E-state index contributed by atoms with van der Waals surface area (Å²) in [5, 5.41) is 49.9. The Morgan fingerprint density at radius 3 is 2.25 bits per heavy atom. The molecule has 3 rings (SSSR count). The van der Waals surface area contributed by atoms with Crippen molar-refractivity contribution in [1.82, 2.24) is 5.43 Å². The molecule has 0 saturated heterocycles. The average molecular weight is 558 g/mol. The zero-order valence-corrected chi connectivity index (χ0v) is 22.1. The van der Waals surface area contributed by atoms with Crippen LogP contribution in [0.15, 0.2) is 76.0 Å². The molecule has 3 aromatic rings. The molecule has 0 unspecified atom stereocenters. The molecular weight excluding hydrogens is 534 g/mol. The molecule has 3 aromatic carbocycles. The van der Waals surface area contributed by atoms with E-state index in [0.717, 1.165) is 11.3 Å². The summed E-state index contributed by atoms with van der Waals surface area (Å²) >= 11 is 5.96. The van der Waals surface area contributed by atoms with Gasteiger partial charge in [0.2, 0.25) is 5.84 Å². The smallest absolute Gasteiger partial charge is 0.335 e. The molecule has 11 nitrogen and oxygen atoms in total. The van der Waals surface area contributed by atoms with E-state index >= 15 is 0 Å². The highest BCUT2D eigenvalue weighted by atomic mass is 35.5. The SMILES string of the molecule is Cc1cc(N(CCC#N)CCC#N)ccc1/C(N=Nc1ccc(C(=O)O)cc1)=N/NC(=O)c1cc(Cl)ccc1O. The number of nitrogens with zero attached hydrogens (tertiary/aromatic N) is 6. The third-order valence-electron chi connectivity index (χ3n) is 5.64. The number of nitrogens with one attached hydrogen (secondary N) is 1. The number of azo groups is 1. The summed E-state index contributed by atoms with van der Waals surface area (Å²) in [7, 11) is 0. The molecule has 40 heavy (non-hydrogen) atoms. The molecule has 0 aromatic heterocycles. The molecule has 1 amide bonds. The van der Waals surface area contributed by atoms with Crippen LogP contribution in [-0.4, -0.2) is 41.0 Å². The zero-order valence-electron chi connectivity index (χ0n) is 21.4. The van der Waals surface area contributed by atoms with Gasteiger partial charge in [0.25, 0.3) is 5.91 Å². The number of nitriles is 2. The van der Waals surface area contributed by atoms with Crippen molar-refractivity contribution in [1.29, 1.82) is 10.5 Å². The second kappa shape index (κ2) is 14.0. The highest BCUT2D eigenvalue weighted by molar-refractivity contribution is 6.31. The van der Waals surface area contributed by atoms with Gasteiger partial charge in [0.15, 0.2) is 0 Å². The van der Waals surface area contributed by atoms with Crippen molar-refractivity contribution >= 4 is 40.7 Å². The van der Waals surface area contributed by atoms with Crippen LogP contribution in [0.2, 0.25) is 5.02 Å². The summed E-state index contributed by atoms with van der Waals surface area (Å²) in [6.45, 7) is 2.70. The van der Waals surface area contributed by atoms with Gasteiger partial charge in [-0.1, -0.05) is 11.6 Å². The molecule has 0 spiro atoms. The fourth-order valence-electron chi connectivity index (χ4n) is 3.60. The van der Waals surface area contributed by atoms with Crippen molar-refractivity contribution in [2.45, 2.75) is 19.8 Å². The molecule has 202 valence electrons. The van der Waals surface area contributed by atoms with Crippen LogP contribution in [0.1, 0.15) is 44.7 Å². The van der Waals surface area contributed by atoms with E-state index in [-0.39, 0.29) is 40.6 Å². The number of rotatable bonds is 10. The molecule has 0 aliphatic rings. The second-order valence-corrected chi connectivity index (χ2v) is 8.83. The number of amidine groups is 1. The molecule has 0 aliphatic carbocycles. The molecule has 0 heterocycles. The van der Waals surface area contributed by atoms with Crippen LogP contribution in [-0.2, 0) is 0 Å². The first kappa shape index (κ1) is 29.3. The highest BCUT2D eigenvalue weighted by Crippen LogP contribution is 2.23. The summed E-state index contributed by atoms with van der Waals surface area (Å²) in [4.78, 5) is 25.8. The van der Waals surface area contributed by atoms with Gasteiger partial charge in [0.05, 0.1) is 41.8 Å².